The van der Waals surface area contributed by atoms with Gasteiger partial charge in [0.1, 0.15) is 5.82 Å². The van der Waals surface area contributed by atoms with E-state index in [1.54, 1.807) is 16.7 Å². The largest absolute Gasteiger partial charge is 0.481 e. The molecule has 1 aliphatic carbocycles. The molecule has 1 N–H and O–H groups in total. The molecule has 0 aromatic heterocycles. The van der Waals surface area contributed by atoms with Crippen molar-refractivity contribution >= 4 is 35.2 Å². The van der Waals surface area contributed by atoms with Crippen LogP contribution in [0.4, 0.5) is 23.2 Å². The van der Waals surface area contributed by atoms with Crippen molar-refractivity contribution in [2.24, 2.45) is 5.92 Å². The van der Waals surface area contributed by atoms with E-state index >= 15 is 0 Å². The van der Waals surface area contributed by atoms with Gasteiger partial charge in [0.25, 0.3) is 5.91 Å². The normalized spacial score (nSPS) is 20.7. The van der Waals surface area contributed by atoms with Gasteiger partial charge in [-0.15, -0.1) is 0 Å². The molecular weight excluding hydrogens is 500 g/mol. The first-order valence-corrected chi connectivity index (χ1v) is 12.3. The van der Waals surface area contributed by atoms with Crippen molar-refractivity contribution in [3.05, 3.63) is 59.4 Å². The summed E-state index contributed by atoms with van der Waals surface area (Å²) < 4.78 is 52.4. The first-order valence-electron chi connectivity index (χ1n) is 11.5. The fraction of sp³-hybridized carbons (Fsp3) is 0.400. The number of fused-ring (bicyclic) bond motifs is 2. The maximum atomic E-state index is 14.4. The summed E-state index contributed by atoms with van der Waals surface area (Å²) in [5.41, 5.74) is -3.35. The van der Waals surface area contributed by atoms with Crippen LogP contribution in [0.3, 0.4) is 0 Å². The van der Waals surface area contributed by atoms with Gasteiger partial charge in [-0.2, -0.15) is 13.2 Å². The number of carbonyl (C=O) groups excluding carboxylic acids is 2. The van der Waals surface area contributed by atoms with Crippen LogP contribution in [-0.4, -0.2) is 45.9 Å². The molecule has 1 fully saturated rings. The maximum Gasteiger partial charge on any atom is 0.446 e. The van der Waals surface area contributed by atoms with Gasteiger partial charge in [0.05, 0.1) is 12.5 Å². The lowest BCUT2D eigenvalue weighted by atomic mass is 9.67. The Balaban J connectivity index is 1.68. The average molecular weight is 525 g/mol. The van der Waals surface area contributed by atoms with E-state index in [2.05, 4.69) is 0 Å². The number of halogens is 4. The average Bonchev–Trinajstić information content (AvgIpc) is 2.78. The molecule has 1 saturated carbocycles. The van der Waals surface area contributed by atoms with Crippen LogP contribution in [0.1, 0.15) is 54.6 Å². The lowest BCUT2D eigenvalue weighted by molar-refractivity contribution is -0.142. The fourth-order valence-electron chi connectivity index (χ4n) is 5.07. The molecule has 0 spiro atoms. The number of rotatable bonds is 7. The van der Waals surface area contributed by atoms with Crippen LogP contribution < -0.4 is 4.90 Å². The summed E-state index contributed by atoms with van der Waals surface area (Å²) in [6, 6.07) is 8.35. The number of hydrogen-bond acceptors (Lipinski definition) is 4. The second-order valence-electron chi connectivity index (χ2n) is 8.78. The zero-order chi connectivity index (χ0) is 26.2. The van der Waals surface area contributed by atoms with Gasteiger partial charge >= 0.3 is 11.5 Å². The Hall–Kier alpha value is -3.08. The molecule has 2 aromatic rings. The van der Waals surface area contributed by atoms with Crippen LogP contribution in [0.15, 0.2) is 47.4 Å². The van der Waals surface area contributed by atoms with E-state index in [9.17, 15) is 31.9 Å². The summed E-state index contributed by atoms with van der Waals surface area (Å²) >= 11 is -0.267. The quantitative estimate of drug-likeness (QED) is 0.375. The molecule has 36 heavy (non-hydrogen) atoms. The number of alkyl halides is 3. The second-order valence-corrected chi connectivity index (χ2v) is 9.92. The molecule has 1 aliphatic heterocycles. The highest BCUT2D eigenvalue weighted by Crippen LogP contribution is 2.52. The summed E-state index contributed by atoms with van der Waals surface area (Å²) in [6.45, 7) is 2.05. The predicted molar refractivity (Wildman–Crippen MR) is 125 cm³/mol. The number of aliphatic carboxylic acids is 1. The van der Waals surface area contributed by atoms with Crippen LogP contribution in [0, 0.1) is 11.7 Å². The number of amides is 2. The summed E-state index contributed by atoms with van der Waals surface area (Å²) in [5, 5.41) is 8.98. The van der Waals surface area contributed by atoms with Gasteiger partial charge in [-0.25, -0.2) is 4.39 Å². The van der Waals surface area contributed by atoms with Crippen LogP contribution in [0.5, 0.6) is 0 Å². The molecule has 1 heterocycles. The predicted octanol–water partition coefficient (Wildman–Crippen LogP) is 5.63. The molecule has 6 nitrogen and oxygen atoms in total. The van der Waals surface area contributed by atoms with Gasteiger partial charge in [-0.05, 0) is 74.0 Å². The second kappa shape index (κ2) is 10.1. The standard InChI is InChI=1S/C25H24F4N2O4S/c1-2-30(21(32)11-12-22(33)34)23-17-8-10-19(17)31(20-9-5-15(26)13-18(20)23)24(35)14-3-6-16(7-4-14)36-25(27,28)29/h3-7,9,13,17,19,23H,2,8,10-12H2,1H3,(H,33,34)/t17-,19-,23?/m1/s1. The van der Waals surface area contributed by atoms with Crippen molar-refractivity contribution in [2.45, 2.75) is 55.1 Å². The van der Waals surface area contributed by atoms with E-state index in [0.29, 0.717) is 24.1 Å². The molecule has 0 bridgehead atoms. The molecular formula is C25H24F4N2O4S. The Labute approximate surface area is 209 Å². The Morgan fingerprint density at radius 2 is 1.78 bits per heavy atom. The minimum absolute atomic E-state index is 0.0415. The number of benzene rings is 2. The van der Waals surface area contributed by atoms with Crippen LogP contribution >= 0.6 is 11.8 Å². The van der Waals surface area contributed by atoms with Crippen molar-refractivity contribution in [1.82, 2.24) is 4.90 Å². The van der Waals surface area contributed by atoms with Gasteiger partial charge in [0.2, 0.25) is 5.91 Å². The minimum Gasteiger partial charge on any atom is -0.481 e. The number of thioether (sulfide) groups is 1. The van der Waals surface area contributed by atoms with Crippen LogP contribution in [0.2, 0.25) is 0 Å². The maximum absolute atomic E-state index is 14.4. The first-order chi connectivity index (χ1) is 17.0. The Morgan fingerprint density at radius 1 is 1.08 bits per heavy atom. The van der Waals surface area contributed by atoms with Crippen molar-refractivity contribution in [1.29, 1.82) is 0 Å². The number of carboxylic acid groups (broad SMARTS) is 1. The number of hydrogen-bond donors (Lipinski definition) is 1. The lowest BCUT2D eigenvalue weighted by Crippen LogP contribution is -2.58. The Kier molecular flexibility index (Phi) is 7.31. The molecule has 3 atom stereocenters. The third-order valence-corrected chi connectivity index (χ3v) is 7.44. The van der Waals surface area contributed by atoms with E-state index < -0.39 is 29.2 Å². The van der Waals surface area contributed by atoms with Crippen molar-refractivity contribution < 1.29 is 37.1 Å². The Bertz CT molecular complexity index is 1170. The highest BCUT2D eigenvalue weighted by atomic mass is 32.2. The fourth-order valence-corrected chi connectivity index (χ4v) is 5.61. The Morgan fingerprint density at radius 3 is 2.33 bits per heavy atom. The number of nitrogens with zero attached hydrogens (tertiary/aromatic N) is 2. The molecule has 4 rings (SSSR count). The SMILES string of the molecule is CCN(C(=O)CCC(=O)O)C1c2cc(F)ccc2N(C(=O)c2ccc(SC(F)(F)F)cc2)[C@@H]2CC[C@@H]12. The van der Waals surface area contributed by atoms with E-state index in [-0.39, 0.29) is 59.5 Å². The van der Waals surface area contributed by atoms with Crippen LogP contribution in [0.25, 0.3) is 0 Å². The van der Waals surface area contributed by atoms with Gasteiger partial charge in [-0.1, -0.05) is 0 Å². The summed E-state index contributed by atoms with van der Waals surface area (Å²) in [7, 11) is 0. The highest BCUT2D eigenvalue weighted by Gasteiger charge is 2.51. The molecule has 2 aliphatic rings. The van der Waals surface area contributed by atoms with E-state index in [4.69, 9.17) is 5.11 Å². The van der Waals surface area contributed by atoms with Gasteiger partial charge in [0.15, 0.2) is 0 Å². The van der Waals surface area contributed by atoms with Gasteiger partial charge in [0, 0.05) is 46.6 Å². The zero-order valence-corrected chi connectivity index (χ0v) is 20.1. The van der Waals surface area contributed by atoms with Gasteiger partial charge < -0.3 is 14.9 Å². The van der Waals surface area contributed by atoms with E-state index in [1.165, 1.54) is 42.5 Å². The van der Waals surface area contributed by atoms with E-state index in [1.807, 2.05) is 0 Å². The topological polar surface area (TPSA) is 77.9 Å². The number of carbonyl (C=O) groups is 3. The van der Waals surface area contributed by atoms with Crippen molar-refractivity contribution in [2.75, 3.05) is 11.4 Å². The van der Waals surface area contributed by atoms with E-state index in [0.717, 1.165) is 0 Å². The molecule has 0 radical (unpaired) electrons. The summed E-state index contributed by atoms with van der Waals surface area (Å²) in [6.07, 6.45) is 0.817. The van der Waals surface area contributed by atoms with Crippen molar-refractivity contribution in [3.8, 4) is 0 Å². The van der Waals surface area contributed by atoms with Gasteiger partial charge in [-0.3, -0.25) is 14.4 Å². The van der Waals surface area contributed by atoms with Crippen LogP contribution in [-0.2, 0) is 9.59 Å². The minimum atomic E-state index is -4.44. The molecule has 2 amide bonds. The third kappa shape index (κ3) is 5.21. The summed E-state index contributed by atoms with van der Waals surface area (Å²) in [4.78, 5) is 40.5. The zero-order valence-electron chi connectivity index (χ0n) is 19.3. The number of anilines is 1. The third-order valence-electron chi connectivity index (χ3n) is 6.70. The smallest absolute Gasteiger partial charge is 0.446 e. The molecule has 2 aromatic carbocycles. The number of carboxylic acids is 1. The molecule has 0 saturated heterocycles. The molecule has 192 valence electrons. The molecule has 1 unspecified atom stereocenters. The summed E-state index contributed by atoms with van der Waals surface area (Å²) in [5.74, 6) is -2.58. The molecule has 11 heteroatoms. The highest BCUT2D eigenvalue weighted by molar-refractivity contribution is 8.00. The van der Waals surface area contributed by atoms with Crippen molar-refractivity contribution in [3.63, 3.8) is 0 Å². The lowest BCUT2D eigenvalue weighted by Gasteiger charge is -2.55. The monoisotopic (exact) mass is 524 g/mol. The first kappa shape index (κ1) is 26.0.